The standard InChI is InChI=1S/C13H14N4O3/c1-7-10(6-15-17(7)2)12(18)16-11-4-3-8(14)5-9(11)13(19)20/h3-6H,14H2,1-2H3,(H,16,18)(H,19,20). The number of carbonyl (C=O) groups excluding carboxylic acids is 1. The molecule has 1 amide bonds. The van der Waals surface area contributed by atoms with E-state index in [4.69, 9.17) is 10.8 Å². The van der Waals surface area contributed by atoms with Crippen LogP contribution in [0.4, 0.5) is 11.4 Å². The lowest BCUT2D eigenvalue weighted by atomic mass is 10.1. The maximum absolute atomic E-state index is 12.1. The molecule has 0 atom stereocenters. The molecule has 0 unspecified atom stereocenters. The first kappa shape index (κ1) is 13.6. The Bertz CT molecular complexity index is 691. The molecular weight excluding hydrogens is 260 g/mol. The van der Waals surface area contributed by atoms with Gasteiger partial charge in [-0.2, -0.15) is 5.10 Å². The Balaban J connectivity index is 2.33. The van der Waals surface area contributed by atoms with Gasteiger partial charge in [0.05, 0.1) is 23.0 Å². The third kappa shape index (κ3) is 2.46. The van der Waals surface area contributed by atoms with E-state index < -0.39 is 11.9 Å². The number of rotatable bonds is 3. The topological polar surface area (TPSA) is 110 Å². The Morgan fingerprint density at radius 3 is 2.60 bits per heavy atom. The van der Waals surface area contributed by atoms with Crippen molar-refractivity contribution in [1.82, 2.24) is 9.78 Å². The molecule has 0 fully saturated rings. The minimum atomic E-state index is -1.16. The number of hydrogen-bond donors (Lipinski definition) is 3. The fraction of sp³-hybridized carbons (Fsp3) is 0.154. The predicted octanol–water partition coefficient (Wildman–Crippen LogP) is 1.26. The zero-order valence-corrected chi connectivity index (χ0v) is 11.0. The van der Waals surface area contributed by atoms with Gasteiger partial charge in [0.15, 0.2) is 0 Å². The molecule has 1 heterocycles. The Labute approximate surface area is 115 Å². The molecule has 7 nitrogen and oxygen atoms in total. The van der Waals surface area contributed by atoms with E-state index in [-0.39, 0.29) is 11.3 Å². The fourth-order valence-electron chi connectivity index (χ4n) is 1.76. The number of nitrogens with two attached hydrogens (primary N) is 1. The van der Waals surface area contributed by atoms with E-state index in [0.717, 1.165) is 0 Å². The van der Waals surface area contributed by atoms with Crippen molar-refractivity contribution in [3.8, 4) is 0 Å². The molecule has 0 aliphatic heterocycles. The number of carbonyl (C=O) groups is 2. The van der Waals surface area contributed by atoms with Crippen molar-refractivity contribution in [3.05, 3.63) is 41.2 Å². The molecule has 0 saturated carbocycles. The molecule has 2 aromatic rings. The van der Waals surface area contributed by atoms with Gasteiger partial charge in [0, 0.05) is 18.4 Å². The molecule has 0 aliphatic carbocycles. The average Bonchev–Trinajstić information content (AvgIpc) is 2.72. The summed E-state index contributed by atoms with van der Waals surface area (Å²) in [7, 11) is 1.72. The van der Waals surface area contributed by atoms with Crippen molar-refractivity contribution in [1.29, 1.82) is 0 Å². The summed E-state index contributed by atoms with van der Waals surface area (Å²) in [5.41, 5.74) is 7.08. The van der Waals surface area contributed by atoms with E-state index in [1.807, 2.05) is 0 Å². The number of carboxylic acids is 1. The molecule has 2 rings (SSSR count). The Kier molecular flexibility index (Phi) is 3.43. The summed E-state index contributed by atoms with van der Waals surface area (Å²) >= 11 is 0. The maximum Gasteiger partial charge on any atom is 0.337 e. The number of carboxylic acid groups (broad SMARTS) is 1. The summed E-state index contributed by atoms with van der Waals surface area (Å²) in [4.78, 5) is 23.3. The second-order valence-electron chi connectivity index (χ2n) is 4.33. The number of benzene rings is 1. The van der Waals surface area contributed by atoms with Crippen LogP contribution in [-0.2, 0) is 7.05 Å². The minimum Gasteiger partial charge on any atom is -0.478 e. The molecule has 104 valence electrons. The molecule has 1 aromatic carbocycles. The number of hydrogen-bond acceptors (Lipinski definition) is 4. The number of nitrogens with zero attached hydrogens (tertiary/aromatic N) is 2. The van der Waals surface area contributed by atoms with Crippen molar-refractivity contribution < 1.29 is 14.7 Å². The summed E-state index contributed by atoms with van der Waals surface area (Å²) < 4.78 is 1.57. The molecule has 1 aromatic heterocycles. The van der Waals surface area contributed by atoms with Crippen LogP contribution in [0.3, 0.4) is 0 Å². The van der Waals surface area contributed by atoms with Crippen LogP contribution < -0.4 is 11.1 Å². The van der Waals surface area contributed by atoms with E-state index in [0.29, 0.717) is 16.9 Å². The summed E-state index contributed by atoms with van der Waals surface area (Å²) in [6, 6.07) is 4.29. The van der Waals surface area contributed by atoms with Crippen molar-refractivity contribution in [3.63, 3.8) is 0 Å². The van der Waals surface area contributed by atoms with Crippen molar-refractivity contribution in [2.45, 2.75) is 6.92 Å². The molecule has 0 radical (unpaired) electrons. The zero-order chi connectivity index (χ0) is 14.9. The highest BCUT2D eigenvalue weighted by atomic mass is 16.4. The van der Waals surface area contributed by atoms with Gasteiger partial charge in [-0.05, 0) is 25.1 Å². The number of aromatic nitrogens is 2. The van der Waals surface area contributed by atoms with Gasteiger partial charge in [-0.3, -0.25) is 9.48 Å². The SMILES string of the molecule is Cc1c(C(=O)Nc2ccc(N)cc2C(=O)O)cnn1C. The quantitative estimate of drug-likeness (QED) is 0.730. The first-order chi connectivity index (χ1) is 9.40. The summed E-state index contributed by atoms with van der Waals surface area (Å²) in [6.45, 7) is 1.75. The van der Waals surface area contributed by atoms with Gasteiger partial charge in [-0.1, -0.05) is 0 Å². The van der Waals surface area contributed by atoms with Crippen LogP contribution in [0, 0.1) is 6.92 Å². The third-order valence-electron chi connectivity index (χ3n) is 3.00. The molecule has 0 aliphatic rings. The molecule has 0 saturated heterocycles. The van der Waals surface area contributed by atoms with Crippen molar-refractivity contribution >= 4 is 23.3 Å². The van der Waals surface area contributed by atoms with Crippen LogP contribution in [-0.4, -0.2) is 26.8 Å². The predicted molar refractivity (Wildman–Crippen MR) is 73.7 cm³/mol. The molecule has 4 N–H and O–H groups in total. The van der Waals surface area contributed by atoms with E-state index in [1.54, 1.807) is 18.7 Å². The monoisotopic (exact) mass is 274 g/mol. The van der Waals surface area contributed by atoms with Crippen LogP contribution in [0.5, 0.6) is 0 Å². The first-order valence-electron chi connectivity index (χ1n) is 5.83. The number of aromatic carboxylic acids is 1. The molecule has 0 spiro atoms. The third-order valence-corrected chi connectivity index (χ3v) is 3.00. The average molecular weight is 274 g/mol. The molecule has 0 bridgehead atoms. The lowest BCUT2D eigenvalue weighted by Crippen LogP contribution is -2.15. The largest absolute Gasteiger partial charge is 0.478 e. The normalized spacial score (nSPS) is 10.3. The fourth-order valence-corrected chi connectivity index (χ4v) is 1.76. The van der Waals surface area contributed by atoms with Gasteiger partial charge in [-0.25, -0.2) is 4.79 Å². The highest BCUT2D eigenvalue weighted by molar-refractivity contribution is 6.08. The maximum atomic E-state index is 12.1. The van der Waals surface area contributed by atoms with Crippen molar-refractivity contribution in [2.75, 3.05) is 11.1 Å². The molecular formula is C13H14N4O3. The number of anilines is 2. The Morgan fingerprint density at radius 1 is 1.35 bits per heavy atom. The van der Waals surface area contributed by atoms with Crippen LogP contribution in [0.1, 0.15) is 26.4 Å². The number of amides is 1. The number of nitrogen functional groups attached to an aromatic ring is 1. The Hall–Kier alpha value is -2.83. The van der Waals surface area contributed by atoms with Gasteiger partial charge in [0.2, 0.25) is 0 Å². The first-order valence-corrected chi connectivity index (χ1v) is 5.83. The van der Waals surface area contributed by atoms with Crippen molar-refractivity contribution in [2.24, 2.45) is 7.05 Å². The van der Waals surface area contributed by atoms with Crippen LogP contribution >= 0.6 is 0 Å². The van der Waals surface area contributed by atoms with E-state index in [9.17, 15) is 9.59 Å². The van der Waals surface area contributed by atoms with Gasteiger partial charge in [-0.15, -0.1) is 0 Å². The van der Waals surface area contributed by atoms with E-state index in [2.05, 4.69) is 10.4 Å². The zero-order valence-electron chi connectivity index (χ0n) is 11.0. The molecule has 20 heavy (non-hydrogen) atoms. The second kappa shape index (κ2) is 5.04. The van der Waals surface area contributed by atoms with Crippen LogP contribution in [0.15, 0.2) is 24.4 Å². The minimum absolute atomic E-state index is 0.0557. The van der Waals surface area contributed by atoms with E-state index in [1.165, 1.54) is 24.4 Å². The summed E-state index contributed by atoms with van der Waals surface area (Å²) in [5.74, 6) is -1.57. The Morgan fingerprint density at radius 2 is 2.05 bits per heavy atom. The van der Waals surface area contributed by atoms with Gasteiger partial charge in [0.25, 0.3) is 5.91 Å². The second-order valence-corrected chi connectivity index (χ2v) is 4.33. The summed E-state index contributed by atoms with van der Waals surface area (Å²) in [5, 5.41) is 15.6. The lowest BCUT2D eigenvalue weighted by molar-refractivity contribution is 0.0698. The molecule has 7 heteroatoms. The van der Waals surface area contributed by atoms with Crippen LogP contribution in [0.2, 0.25) is 0 Å². The van der Waals surface area contributed by atoms with Gasteiger partial charge < -0.3 is 16.2 Å². The highest BCUT2D eigenvalue weighted by Crippen LogP contribution is 2.20. The van der Waals surface area contributed by atoms with E-state index >= 15 is 0 Å². The van der Waals surface area contributed by atoms with Crippen LogP contribution in [0.25, 0.3) is 0 Å². The lowest BCUT2D eigenvalue weighted by Gasteiger charge is -2.09. The highest BCUT2D eigenvalue weighted by Gasteiger charge is 2.17. The van der Waals surface area contributed by atoms with Gasteiger partial charge >= 0.3 is 5.97 Å². The number of aryl methyl sites for hydroxylation is 1. The smallest absolute Gasteiger partial charge is 0.337 e. The summed E-state index contributed by atoms with van der Waals surface area (Å²) in [6.07, 6.45) is 1.43. The number of nitrogens with one attached hydrogen (secondary N) is 1. The van der Waals surface area contributed by atoms with Gasteiger partial charge in [0.1, 0.15) is 0 Å².